The van der Waals surface area contributed by atoms with Crippen molar-refractivity contribution in [1.82, 2.24) is 0 Å². The summed E-state index contributed by atoms with van der Waals surface area (Å²) in [4.78, 5) is 14.7. The Morgan fingerprint density at radius 3 is 2.73 bits per heavy atom. The molecule has 0 saturated carbocycles. The molecule has 0 bridgehead atoms. The highest BCUT2D eigenvalue weighted by Crippen LogP contribution is 2.33. The van der Waals surface area contributed by atoms with Crippen molar-refractivity contribution in [3.05, 3.63) is 66.2 Å². The highest BCUT2D eigenvalue weighted by atomic mass is 32.2. The molecule has 6 nitrogen and oxygen atoms in total. The minimum atomic E-state index is -3.75. The van der Waals surface area contributed by atoms with Crippen molar-refractivity contribution < 1.29 is 17.9 Å². The number of hydrogen-bond donors (Lipinski definition) is 1. The molecule has 1 unspecified atom stereocenters. The number of carbonyl (C=O) groups excluding carboxylic acids is 1. The molecule has 154 valence electrons. The Bertz CT molecular complexity index is 1230. The Kier molecular flexibility index (Phi) is 4.72. The fourth-order valence-corrected chi connectivity index (χ4v) is 5.56. The maximum Gasteiger partial charge on any atom is 0.262 e. The molecule has 3 aromatic rings. The van der Waals surface area contributed by atoms with Crippen molar-refractivity contribution in [2.75, 3.05) is 22.8 Å². The van der Waals surface area contributed by atoms with Crippen LogP contribution in [0, 0.1) is 0 Å². The van der Waals surface area contributed by atoms with Crippen LogP contribution >= 0.6 is 0 Å². The lowest BCUT2D eigenvalue weighted by Crippen LogP contribution is -2.37. The number of amides is 1. The predicted molar refractivity (Wildman–Crippen MR) is 116 cm³/mol. The van der Waals surface area contributed by atoms with Crippen molar-refractivity contribution >= 4 is 38.1 Å². The van der Waals surface area contributed by atoms with Crippen LogP contribution in [0.1, 0.15) is 18.4 Å². The zero-order chi connectivity index (χ0) is 20.7. The van der Waals surface area contributed by atoms with Crippen LogP contribution in [0.3, 0.4) is 0 Å². The van der Waals surface area contributed by atoms with Crippen LogP contribution in [-0.2, 0) is 26.0 Å². The minimum Gasteiger partial charge on any atom is -0.368 e. The van der Waals surface area contributed by atoms with Gasteiger partial charge in [-0.2, -0.15) is 0 Å². The van der Waals surface area contributed by atoms with Crippen LogP contribution in [-0.4, -0.2) is 33.6 Å². The fraction of sp³-hybridized carbons (Fsp3) is 0.261. The number of hydrogen-bond acceptors (Lipinski definition) is 4. The number of nitrogens with zero attached hydrogens (tertiary/aromatic N) is 1. The largest absolute Gasteiger partial charge is 0.368 e. The van der Waals surface area contributed by atoms with Crippen molar-refractivity contribution in [3.63, 3.8) is 0 Å². The predicted octanol–water partition coefficient (Wildman–Crippen LogP) is 3.71. The minimum absolute atomic E-state index is 0.00432. The summed E-state index contributed by atoms with van der Waals surface area (Å²) in [5, 5.41) is 1.56. The van der Waals surface area contributed by atoms with Gasteiger partial charge >= 0.3 is 0 Å². The molecule has 0 aromatic heterocycles. The zero-order valence-electron chi connectivity index (χ0n) is 16.4. The second-order valence-corrected chi connectivity index (χ2v) is 9.32. The molecule has 5 rings (SSSR count). The summed E-state index contributed by atoms with van der Waals surface area (Å²) < 4.78 is 34.4. The molecule has 2 heterocycles. The van der Waals surface area contributed by atoms with E-state index >= 15 is 0 Å². The highest BCUT2D eigenvalue weighted by Gasteiger charge is 2.33. The number of sulfonamides is 1. The van der Waals surface area contributed by atoms with E-state index in [4.69, 9.17) is 4.74 Å². The third-order valence-electron chi connectivity index (χ3n) is 5.74. The van der Waals surface area contributed by atoms with Gasteiger partial charge in [0.15, 0.2) is 0 Å². The highest BCUT2D eigenvalue weighted by molar-refractivity contribution is 7.93. The third kappa shape index (κ3) is 3.34. The van der Waals surface area contributed by atoms with Gasteiger partial charge in [-0.25, -0.2) is 8.42 Å². The Labute approximate surface area is 175 Å². The SMILES string of the molecule is O=C(C1CCCO1)N1CCc2cc(NS(=O)(=O)c3cccc4ccccc34)ccc21. The van der Waals surface area contributed by atoms with Crippen LogP contribution in [0.15, 0.2) is 65.6 Å². The third-order valence-corrected chi connectivity index (χ3v) is 7.18. The molecule has 0 spiro atoms. The maximum atomic E-state index is 13.1. The van der Waals surface area contributed by atoms with Gasteiger partial charge in [0.05, 0.1) is 4.90 Å². The lowest BCUT2D eigenvalue weighted by molar-refractivity contribution is -0.127. The summed E-state index contributed by atoms with van der Waals surface area (Å²) in [6.07, 6.45) is 2.00. The number of nitrogens with one attached hydrogen (secondary N) is 1. The lowest BCUT2D eigenvalue weighted by atomic mass is 10.1. The summed E-state index contributed by atoms with van der Waals surface area (Å²) >= 11 is 0. The summed E-state index contributed by atoms with van der Waals surface area (Å²) in [7, 11) is -3.75. The molecule has 7 heteroatoms. The second-order valence-electron chi connectivity index (χ2n) is 7.67. The number of carbonyl (C=O) groups is 1. The van der Waals surface area contributed by atoms with E-state index in [-0.39, 0.29) is 16.9 Å². The van der Waals surface area contributed by atoms with Gasteiger partial charge in [-0.1, -0.05) is 36.4 Å². The Morgan fingerprint density at radius 1 is 1.07 bits per heavy atom. The van der Waals surface area contributed by atoms with E-state index in [0.717, 1.165) is 29.5 Å². The maximum absolute atomic E-state index is 13.1. The standard InChI is InChI=1S/C23H22N2O4S/c26-23(21-8-4-14-29-21)25-13-12-17-15-18(10-11-20(17)25)24-30(27,28)22-9-3-6-16-5-1-2-7-19(16)22/h1-3,5-7,9-11,15,21,24H,4,8,12-14H2. The molecule has 2 aliphatic rings. The average molecular weight is 423 g/mol. The van der Waals surface area contributed by atoms with E-state index in [1.54, 1.807) is 29.2 Å². The number of ether oxygens (including phenoxy) is 1. The van der Waals surface area contributed by atoms with Crippen LogP contribution < -0.4 is 9.62 Å². The van der Waals surface area contributed by atoms with E-state index in [9.17, 15) is 13.2 Å². The topological polar surface area (TPSA) is 75.7 Å². The van der Waals surface area contributed by atoms with E-state index in [0.29, 0.717) is 30.6 Å². The van der Waals surface area contributed by atoms with Gasteiger partial charge in [0.25, 0.3) is 15.9 Å². The monoisotopic (exact) mass is 422 g/mol. The first-order valence-electron chi connectivity index (χ1n) is 10.1. The average Bonchev–Trinajstić information content (AvgIpc) is 3.42. The molecular weight excluding hydrogens is 400 g/mol. The number of fused-ring (bicyclic) bond motifs is 2. The molecule has 0 radical (unpaired) electrons. The van der Waals surface area contributed by atoms with E-state index in [1.807, 2.05) is 36.4 Å². The normalized spacial score (nSPS) is 18.5. The zero-order valence-corrected chi connectivity index (χ0v) is 17.2. The van der Waals surface area contributed by atoms with Gasteiger partial charge in [-0.05, 0) is 54.5 Å². The van der Waals surface area contributed by atoms with Gasteiger partial charge in [0.2, 0.25) is 0 Å². The molecule has 2 aliphatic heterocycles. The quantitative estimate of drug-likeness (QED) is 0.696. The van der Waals surface area contributed by atoms with Crippen molar-refractivity contribution in [2.45, 2.75) is 30.3 Å². The molecular formula is C23H22N2O4S. The Balaban J connectivity index is 1.42. The lowest BCUT2D eigenvalue weighted by Gasteiger charge is -2.21. The molecule has 30 heavy (non-hydrogen) atoms. The van der Waals surface area contributed by atoms with Crippen molar-refractivity contribution in [3.8, 4) is 0 Å². The summed E-state index contributed by atoms with van der Waals surface area (Å²) in [5.74, 6) is -0.00432. The Morgan fingerprint density at radius 2 is 1.90 bits per heavy atom. The molecule has 0 aliphatic carbocycles. The number of benzene rings is 3. The van der Waals surface area contributed by atoms with Crippen LogP contribution in [0.4, 0.5) is 11.4 Å². The molecule has 1 N–H and O–H groups in total. The van der Waals surface area contributed by atoms with E-state index < -0.39 is 10.0 Å². The summed E-state index contributed by atoms with van der Waals surface area (Å²) in [5.41, 5.74) is 2.29. The first kappa shape index (κ1) is 19.1. The molecule has 1 atom stereocenters. The van der Waals surface area contributed by atoms with Gasteiger partial charge < -0.3 is 9.64 Å². The molecule has 1 saturated heterocycles. The van der Waals surface area contributed by atoms with Gasteiger partial charge in [0, 0.05) is 29.9 Å². The first-order chi connectivity index (χ1) is 14.5. The number of anilines is 2. The van der Waals surface area contributed by atoms with Gasteiger partial charge in [-0.3, -0.25) is 9.52 Å². The van der Waals surface area contributed by atoms with Crippen LogP contribution in [0.2, 0.25) is 0 Å². The summed E-state index contributed by atoms with van der Waals surface area (Å²) in [6.45, 7) is 1.22. The Hall–Kier alpha value is -2.90. The molecule has 1 amide bonds. The van der Waals surface area contributed by atoms with Gasteiger partial charge in [-0.15, -0.1) is 0 Å². The van der Waals surface area contributed by atoms with E-state index in [2.05, 4.69) is 4.72 Å². The van der Waals surface area contributed by atoms with Crippen molar-refractivity contribution in [1.29, 1.82) is 0 Å². The number of rotatable bonds is 4. The smallest absolute Gasteiger partial charge is 0.262 e. The molecule has 3 aromatic carbocycles. The first-order valence-corrected chi connectivity index (χ1v) is 11.6. The van der Waals surface area contributed by atoms with Gasteiger partial charge in [0.1, 0.15) is 6.10 Å². The van der Waals surface area contributed by atoms with E-state index in [1.165, 1.54) is 0 Å². The fourth-order valence-electron chi connectivity index (χ4n) is 4.28. The van der Waals surface area contributed by atoms with Crippen molar-refractivity contribution in [2.24, 2.45) is 0 Å². The summed E-state index contributed by atoms with van der Waals surface area (Å²) in [6, 6.07) is 18.0. The second kappa shape index (κ2) is 7.41. The van der Waals surface area contributed by atoms with Crippen LogP contribution in [0.25, 0.3) is 10.8 Å². The molecule has 1 fully saturated rings. The van der Waals surface area contributed by atoms with Crippen LogP contribution in [0.5, 0.6) is 0 Å².